The molecular formula is C44H62N6O6. The highest BCUT2D eigenvalue weighted by Crippen LogP contribution is 2.35. The van der Waals surface area contributed by atoms with E-state index in [1.807, 2.05) is 94.4 Å². The van der Waals surface area contributed by atoms with Gasteiger partial charge in [0.15, 0.2) is 0 Å². The molecule has 4 rings (SSSR count). The molecule has 0 spiro atoms. The molecule has 304 valence electrons. The van der Waals surface area contributed by atoms with Crippen LogP contribution in [0.15, 0.2) is 72.8 Å². The highest BCUT2D eigenvalue weighted by Gasteiger charge is 2.44. The van der Waals surface area contributed by atoms with Gasteiger partial charge in [-0.05, 0) is 94.5 Å². The number of nitrogens with zero attached hydrogens (tertiary/aromatic N) is 1. The number of amides is 6. The smallest absolute Gasteiger partial charge is 0.407 e. The molecule has 12 heteroatoms. The Labute approximate surface area is 332 Å². The molecule has 1 saturated heterocycles. The van der Waals surface area contributed by atoms with Crippen LogP contribution < -0.4 is 26.6 Å². The number of fused-ring (bicyclic) bond motifs is 1. The normalized spacial score (nSPS) is 16.0. The van der Waals surface area contributed by atoms with Crippen molar-refractivity contribution < 1.29 is 28.7 Å². The Kier molecular flexibility index (Phi) is 17.0. The minimum atomic E-state index is -0.842. The predicted molar refractivity (Wildman–Crippen MR) is 220 cm³/mol. The predicted octanol–water partition coefficient (Wildman–Crippen LogP) is 6.02. The van der Waals surface area contributed by atoms with Crippen molar-refractivity contribution in [2.45, 2.75) is 104 Å². The lowest BCUT2D eigenvalue weighted by atomic mass is 9.74. The lowest BCUT2D eigenvalue weighted by Gasteiger charge is -2.43. The van der Waals surface area contributed by atoms with Gasteiger partial charge in [0.1, 0.15) is 11.6 Å². The van der Waals surface area contributed by atoms with Crippen molar-refractivity contribution in [3.63, 3.8) is 0 Å². The van der Waals surface area contributed by atoms with E-state index >= 15 is 0 Å². The molecule has 0 bridgehead atoms. The van der Waals surface area contributed by atoms with Crippen LogP contribution in [0, 0.1) is 5.41 Å². The van der Waals surface area contributed by atoms with Gasteiger partial charge in [0, 0.05) is 52.1 Å². The van der Waals surface area contributed by atoms with E-state index in [1.165, 1.54) is 0 Å². The first kappa shape index (κ1) is 43.6. The molecule has 1 unspecified atom stereocenters. The number of likely N-dealkylation sites (tertiary alicyclic amines) is 1. The van der Waals surface area contributed by atoms with E-state index in [2.05, 4.69) is 32.7 Å². The summed E-state index contributed by atoms with van der Waals surface area (Å²) in [5, 5.41) is 16.7. The molecule has 1 heterocycles. The van der Waals surface area contributed by atoms with Crippen LogP contribution in [0.3, 0.4) is 0 Å². The second kappa shape index (κ2) is 21.8. The number of ether oxygens (including phenoxy) is 1. The number of hydrogen-bond donors (Lipinski definition) is 5. The highest BCUT2D eigenvalue weighted by atomic mass is 16.6. The first-order valence-electron chi connectivity index (χ1n) is 20.2. The van der Waals surface area contributed by atoms with E-state index in [4.69, 9.17) is 4.74 Å². The number of alkyl carbamates (subject to hydrolysis) is 1. The second-order valence-corrected chi connectivity index (χ2v) is 15.8. The SMILES string of the molecule is CCNC(=O)[C@]1(Cc2ccccc2)CCCN(C(=O)C(Cc2ccc3ccccc3c2)NC(=O)NCCCCNC(=O)CCCCCNC(=O)OC(C)(C)C)C1. The van der Waals surface area contributed by atoms with Gasteiger partial charge in [-0.25, -0.2) is 9.59 Å². The van der Waals surface area contributed by atoms with E-state index in [9.17, 15) is 24.0 Å². The van der Waals surface area contributed by atoms with Crippen LogP contribution in [0.4, 0.5) is 9.59 Å². The first-order valence-corrected chi connectivity index (χ1v) is 20.2. The van der Waals surface area contributed by atoms with Crippen molar-refractivity contribution in [2.75, 3.05) is 39.3 Å². The molecular weight excluding hydrogens is 709 g/mol. The zero-order valence-electron chi connectivity index (χ0n) is 33.7. The topological polar surface area (TPSA) is 158 Å². The van der Waals surface area contributed by atoms with Gasteiger partial charge >= 0.3 is 12.1 Å². The molecule has 12 nitrogen and oxygen atoms in total. The van der Waals surface area contributed by atoms with Crippen LogP contribution in [0.25, 0.3) is 10.8 Å². The number of nitrogens with one attached hydrogen (secondary N) is 5. The lowest BCUT2D eigenvalue weighted by Crippen LogP contribution is -2.59. The van der Waals surface area contributed by atoms with Gasteiger partial charge in [-0.15, -0.1) is 0 Å². The zero-order chi connectivity index (χ0) is 40.4. The molecule has 1 fully saturated rings. The maximum Gasteiger partial charge on any atom is 0.407 e. The van der Waals surface area contributed by atoms with Crippen LogP contribution in [0.2, 0.25) is 0 Å². The van der Waals surface area contributed by atoms with E-state index in [0.29, 0.717) is 77.7 Å². The monoisotopic (exact) mass is 770 g/mol. The molecule has 0 radical (unpaired) electrons. The van der Waals surface area contributed by atoms with Crippen LogP contribution in [-0.2, 0) is 32.0 Å². The molecule has 3 aromatic carbocycles. The molecule has 5 N–H and O–H groups in total. The summed E-state index contributed by atoms with van der Waals surface area (Å²) >= 11 is 0. The van der Waals surface area contributed by atoms with Crippen molar-refractivity contribution in [2.24, 2.45) is 5.41 Å². The molecule has 0 aromatic heterocycles. The quantitative estimate of drug-likeness (QED) is 0.0939. The number of unbranched alkanes of at least 4 members (excludes halogenated alkanes) is 3. The van der Waals surface area contributed by atoms with Gasteiger partial charge in [0.05, 0.1) is 5.41 Å². The van der Waals surface area contributed by atoms with Crippen molar-refractivity contribution in [3.8, 4) is 0 Å². The summed E-state index contributed by atoms with van der Waals surface area (Å²) in [4.78, 5) is 67.1. The number of hydrogen-bond acceptors (Lipinski definition) is 6. The van der Waals surface area contributed by atoms with Crippen LogP contribution in [-0.4, -0.2) is 85.7 Å². The third kappa shape index (κ3) is 14.5. The molecule has 56 heavy (non-hydrogen) atoms. The average Bonchev–Trinajstić information content (AvgIpc) is 3.16. The van der Waals surface area contributed by atoms with Gasteiger partial charge in [-0.1, -0.05) is 79.2 Å². The molecule has 3 aromatic rings. The molecule has 1 aliphatic rings. The number of urea groups is 1. The number of rotatable bonds is 19. The Hall–Kier alpha value is -5.13. The van der Waals surface area contributed by atoms with Gasteiger partial charge in [-0.2, -0.15) is 0 Å². The summed E-state index contributed by atoms with van der Waals surface area (Å²) in [6.45, 7) is 10.00. The van der Waals surface area contributed by atoms with Crippen molar-refractivity contribution in [3.05, 3.63) is 83.9 Å². The van der Waals surface area contributed by atoms with Crippen LogP contribution in [0.5, 0.6) is 0 Å². The Morgan fingerprint density at radius 2 is 1.45 bits per heavy atom. The molecule has 0 aliphatic carbocycles. The molecule has 6 amide bonds. The Bertz CT molecular complexity index is 1740. The third-order valence-corrected chi connectivity index (χ3v) is 9.91. The summed E-state index contributed by atoms with van der Waals surface area (Å²) in [6.07, 6.45) is 5.75. The van der Waals surface area contributed by atoms with E-state index < -0.39 is 29.2 Å². The number of carbonyl (C=O) groups excluding carboxylic acids is 5. The fraction of sp³-hybridized carbons (Fsp3) is 0.523. The summed E-state index contributed by atoms with van der Waals surface area (Å²) in [7, 11) is 0. The average molecular weight is 771 g/mol. The molecule has 0 saturated carbocycles. The number of benzene rings is 3. The maximum absolute atomic E-state index is 14.4. The van der Waals surface area contributed by atoms with Crippen LogP contribution >= 0.6 is 0 Å². The Balaban J connectivity index is 1.28. The van der Waals surface area contributed by atoms with Gasteiger partial charge < -0.3 is 36.2 Å². The van der Waals surface area contributed by atoms with E-state index in [-0.39, 0.29) is 24.3 Å². The standard InChI is InChI=1S/C44H62N6O6/c1-5-45-40(53)44(31-33-17-8-6-9-18-33)24-16-28-50(32-44)39(52)37(30-34-22-23-35-19-11-12-20-36(35)29-34)49-41(54)47-26-15-14-25-46-38(51)21-10-7-13-27-48-42(55)56-43(2,3)4/h6,8-9,11-12,17-20,22-23,29,37H,5,7,10,13-16,21,24-28,30-32H2,1-4H3,(H,45,53)(H,46,51)(H,48,55)(H2,47,49,54)/t37?,44-/m0/s1. The largest absolute Gasteiger partial charge is 0.444 e. The minimum Gasteiger partial charge on any atom is -0.444 e. The van der Waals surface area contributed by atoms with E-state index in [1.54, 1.807) is 4.90 Å². The van der Waals surface area contributed by atoms with Crippen LogP contribution in [0.1, 0.15) is 90.2 Å². The molecule has 1 aliphatic heterocycles. The van der Waals surface area contributed by atoms with E-state index in [0.717, 1.165) is 41.2 Å². The first-order chi connectivity index (χ1) is 26.9. The fourth-order valence-electron chi connectivity index (χ4n) is 7.16. The molecule has 2 atom stereocenters. The van der Waals surface area contributed by atoms with Crippen molar-refractivity contribution in [1.29, 1.82) is 0 Å². The van der Waals surface area contributed by atoms with Crippen molar-refractivity contribution >= 4 is 40.6 Å². The lowest BCUT2D eigenvalue weighted by molar-refractivity contribution is -0.142. The second-order valence-electron chi connectivity index (χ2n) is 15.8. The summed E-state index contributed by atoms with van der Waals surface area (Å²) in [5.74, 6) is -0.292. The third-order valence-electron chi connectivity index (χ3n) is 9.91. The van der Waals surface area contributed by atoms with Gasteiger partial charge in [0.2, 0.25) is 17.7 Å². The maximum atomic E-state index is 14.4. The Morgan fingerprint density at radius 1 is 0.768 bits per heavy atom. The summed E-state index contributed by atoms with van der Waals surface area (Å²) < 4.78 is 5.22. The van der Waals surface area contributed by atoms with Crippen molar-refractivity contribution in [1.82, 2.24) is 31.5 Å². The fourth-order valence-corrected chi connectivity index (χ4v) is 7.16. The minimum absolute atomic E-state index is 0.0245. The number of piperidine rings is 1. The van der Waals surface area contributed by atoms with Gasteiger partial charge in [-0.3, -0.25) is 14.4 Å². The summed E-state index contributed by atoms with van der Waals surface area (Å²) in [6, 6.07) is 22.7. The highest BCUT2D eigenvalue weighted by molar-refractivity contribution is 5.90. The Morgan fingerprint density at radius 3 is 2.18 bits per heavy atom. The zero-order valence-corrected chi connectivity index (χ0v) is 33.7. The summed E-state index contributed by atoms with van der Waals surface area (Å²) in [5.41, 5.74) is 0.650. The van der Waals surface area contributed by atoms with Gasteiger partial charge in [0.25, 0.3) is 0 Å². The number of carbonyl (C=O) groups is 5.